The van der Waals surface area contributed by atoms with Crippen LogP contribution in [0.25, 0.3) is 11.5 Å². The van der Waals surface area contributed by atoms with Crippen LogP contribution in [0.4, 0.5) is 5.82 Å². The van der Waals surface area contributed by atoms with Gasteiger partial charge in [-0.05, 0) is 6.92 Å². The van der Waals surface area contributed by atoms with E-state index in [1.807, 2.05) is 13.0 Å². The first kappa shape index (κ1) is 13.8. The SMILES string of the molecule is Cc1c(-n2ccnn2)cnn1-c1cc(N2CCOCC2)ncn1. The summed E-state index contributed by atoms with van der Waals surface area (Å²) < 4.78 is 8.85. The van der Waals surface area contributed by atoms with Crippen LogP contribution in [0.3, 0.4) is 0 Å². The van der Waals surface area contributed by atoms with Gasteiger partial charge in [-0.1, -0.05) is 5.21 Å². The Morgan fingerprint density at radius 3 is 2.74 bits per heavy atom. The van der Waals surface area contributed by atoms with Crippen molar-refractivity contribution in [2.75, 3.05) is 31.2 Å². The van der Waals surface area contributed by atoms with Crippen molar-refractivity contribution in [1.29, 1.82) is 0 Å². The highest BCUT2D eigenvalue weighted by molar-refractivity contribution is 5.45. The molecule has 9 heteroatoms. The van der Waals surface area contributed by atoms with Gasteiger partial charge in [0, 0.05) is 19.2 Å². The second-order valence-electron chi connectivity index (χ2n) is 5.21. The zero-order valence-electron chi connectivity index (χ0n) is 12.7. The molecule has 4 rings (SSSR count). The molecular formula is C14H16N8O. The highest BCUT2D eigenvalue weighted by Crippen LogP contribution is 2.19. The Morgan fingerprint density at radius 1 is 1.13 bits per heavy atom. The van der Waals surface area contributed by atoms with E-state index in [9.17, 15) is 0 Å². The Bertz CT molecular complexity index is 791. The van der Waals surface area contributed by atoms with E-state index >= 15 is 0 Å². The van der Waals surface area contributed by atoms with Gasteiger partial charge in [-0.15, -0.1) is 5.10 Å². The predicted molar refractivity (Wildman–Crippen MR) is 81.8 cm³/mol. The van der Waals surface area contributed by atoms with E-state index in [0.717, 1.165) is 49.3 Å². The average Bonchev–Trinajstić information content (AvgIpc) is 3.25. The zero-order valence-corrected chi connectivity index (χ0v) is 12.7. The van der Waals surface area contributed by atoms with Crippen LogP contribution in [0.1, 0.15) is 5.69 Å². The molecular weight excluding hydrogens is 296 g/mol. The Kier molecular flexibility index (Phi) is 3.46. The number of ether oxygens (including phenoxy) is 1. The smallest absolute Gasteiger partial charge is 0.159 e. The molecule has 0 bridgehead atoms. The van der Waals surface area contributed by atoms with Crippen molar-refractivity contribution in [2.24, 2.45) is 0 Å². The van der Waals surface area contributed by atoms with Gasteiger partial charge in [-0.25, -0.2) is 19.3 Å². The molecule has 0 saturated carbocycles. The molecule has 118 valence electrons. The molecule has 9 nitrogen and oxygen atoms in total. The van der Waals surface area contributed by atoms with E-state index < -0.39 is 0 Å². The van der Waals surface area contributed by atoms with Crippen LogP contribution in [-0.4, -0.2) is 61.0 Å². The van der Waals surface area contributed by atoms with Gasteiger partial charge in [-0.3, -0.25) is 0 Å². The lowest BCUT2D eigenvalue weighted by atomic mass is 10.3. The molecule has 0 spiro atoms. The minimum absolute atomic E-state index is 0.719. The standard InChI is InChI=1S/C14H16N8O/c1-11-12(21-3-2-17-19-21)9-18-22(11)14-8-13(15-10-16-14)20-4-6-23-7-5-20/h2-3,8-10H,4-7H2,1H3. The van der Waals surface area contributed by atoms with Gasteiger partial charge in [0.15, 0.2) is 5.82 Å². The first-order valence-corrected chi connectivity index (χ1v) is 7.39. The van der Waals surface area contributed by atoms with Crippen molar-refractivity contribution in [3.63, 3.8) is 0 Å². The number of rotatable bonds is 3. The molecule has 1 aliphatic heterocycles. The van der Waals surface area contributed by atoms with Gasteiger partial charge in [0.1, 0.15) is 17.8 Å². The summed E-state index contributed by atoms with van der Waals surface area (Å²) in [5.74, 6) is 1.61. The third-order valence-electron chi connectivity index (χ3n) is 3.84. The van der Waals surface area contributed by atoms with Crippen LogP contribution < -0.4 is 4.90 Å². The lowest BCUT2D eigenvalue weighted by Crippen LogP contribution is -2.36. The Balaban J connectivity index is 1.68. The van der Waals surface area contributed by atoms with Crippen LogP contribution in [0, 0.1) is 6.92 Å². The molecule has 3 aromatic heterocycles. The fourth-order valence-corrected chi connectivity index (χ4v) is 2.61. The number of aromatic nitrogens is 7. The third-order valence-corrected chi connectivity index (χ3v) is 3.84. The Labute approximate surface area is 132 Å². The van der Waals surface area contributed by atoms with Crippen LogP contribution in [0.15, 0.2) is 31.0 Å². The Hall–Kier alpha value is -2.81. The van der Waals surface area contributed by atoms with Crippen LogP contribution in [0.2, 0.25) is 0 Å². The topological polar surface area (TPSA) is 86.8 Å². The maximum absolute atomic E-state index is 5.38. The molecule has 0 aromatic carbocycles. The number of nitrogens with zero attached hydrogens (tertiary/aromatic N) is 8. The summed E-state index contributed by atoms with van der Waals surface area (Å²) in [6, 6.07) is 1.94. The number of anilines is 1. The van der Waals surface area contributed by atoms with Crippen molar-refractivity contribution in [3.8, 4) is 11.5 Å². The van der Waals surface area contributed by atoms with Crippen molar-refractivity contribution in [1.82, 2.24) is 34.7 Å². The molecule has 3 aromatic rings. The lowest BCUT2D eigenvalue weighted by Gasteiger charge is -2.27. The van der Waals surface area contributed by atoms with Crippen LogP contribution in [0.5, 0.6) is 0 Å². The third kappa shape index (κ3) is 2.55. The maximum Gasteiger partial charge on any atom is 0.159 e. The van der Waals surface area contributed by atoms with E-state index in [2.05, 4.69) is 30.3 Å². The van der Waals surface area contributed by atoms with Crippen molar-refractivity contribution in [2.45, 2.75) is 6.92 Å². The summed E-state index contributed by atoms with van der Waals surface area (Å²) in [5, 5.41) is 12.3. The second-order valence-corrected chi connectivity index (χ2v) is 5.21. The zero-order chi connectivity index (χ0) is 15.6. The summed E-state index contributed by atoms with van der Waals surface area (Å²) in [4.78, 5) is 10.9. The number of hydrogen-bond acceptors (Lipinski definition) is 7. The fourth-order valence-electron chi connectivity index (χ4n) is 2.61. The van der Waals surface area contributed by atoms with Gasteiger partial charge < -0.3 is 9.64 Å². The molecule has 1 saturated heterocycles. The summed E-state index contributed by atoms with van der Waals surface area (Å²) >= 11 is 0. The maximum atomic E-state index is 5.38. The van der Waals surface area contributed by atoms with E-state index in [4.69, 9.17) is 4.74 Å². The van der Waals surface area contributed by atoms with Gasteiger partial charge in [0.25, 0.3) is 0 Å². The molecule has 0 unspecified atom stereocenters. The minimum Gasteiger partial charge on any atom is -0.378 e. The van der Waals surface area contributed by atoms with E-state index in [1.165, 1.54) is 0 Å². The van der Waals surface area contributed by atoms with Gasteiger partial charge >= 0.3 is 0 Å². The molecule has 0 amide bonds. The monoisotopic (exact) mass is 312 g/mol. The van der Waals surface area contributed by atoms with Gasteiger partial charge in [-0.2, -0.15) is 5.10 Å². The molecule has 4 heterocycles. The second kappa shape index (κ2) is 5.76. The quantitative estimate of drug-likeness (QED) is 0.691. The van der Waals surface area contributed by atoms with E-state index in [0.29, 0.717) is 0 Å². The van der Waals surface area contributed by atoms with Crippen molar-refractivity contribution < 1.29 is 4.74 Å². The molecule has 1 aliphatic rings. The highest BCUT2D eigenvalue weighted by Gasteiger charge is 2.16. The highest BCUT2D eigenvalue weighted by atomic mass is 16.5. The summed E-state index contributed by atoms with van der Waals surface area (Å²) in [6.07, 6.45) is 6.74. The molecule has 0 aliphatic carbocycles. The predicted octanol–water partition coefficient (Wildman–Crippen LogP) is 0.388. The summed E-state index contributed by atoms with van der Waals surface area (Å²) in [6.45, 7) is 5.07. The number of morpholine rings is 1. The molecule has 0 N–H and O–H groups in total. The summed E-state index contributed by atoms with van der Waals surface area (Å²) in [5.41, 5.74) is 1.80. The molecule has 0 radical (unpaired) electrons. The number of hydrogen-bond donors (Lipinski definition) is 0. The van der Waals surface area contributed by atoms with Crippen molar-refractivity contribution in [3.05, 3.63) is 36.7 Å². The molecule has 0 atom stereocenters. The van der Waals surface area contributed by atoms with E-state index in [1.54, 1.807) is 34.3 Å². The molecule has 1 fully saturated rings. The van der Waals surface area contributed by atoms with Crippen molar-refractivity contribution >= 4 is 5.82 Å². The largest absolute Gasteiger partial charge is 0.378 e. The van der Waals surface area contributed by atoms with E-state index in [-0.39, 0.29) is 0 Å². The van der Waals surface area contributed by atoms with Crippen LogP contribution in [-0.2, 0) is 4.74 Å². The fraction of sp³-hybridized carbons (Fsp3) is 0.357. The first-order valence-electron chi connectivity index (χ1n) is 7.39. The molecule has 23 heavy (non-hydrogen) atoms. The van der Waals surface area contributed by atoms with Gasteiger partial charge in [0.05, 0.1) is 37.5 Å². The van der Waals surface area contributed by atoms with Gasteiger partial charge in [0.2, 0.25) is 0 Å². The minimum atomic E-state index is 0.719. The van der Waals surface area contributed by atoms with Crippen LogP contribution >= 0.6 is 0 Å². The first-order chi connectivity index (χ1) is 11.3. The average molecular weight is 312 g/mol. The lowest BCUT2D eigenvalue weighted by molar-refractivity contribution is 0.122. The normalized spacial score (nSPS) is 15.1. The Morgan fingerprint density at radius 2 is 1.96 bits per heavy atom. The summed E-state index contributed by atoms with van der Waals surface area (Å²) in [7, 11) is 0.